The standard InChI is InChI=1S/C20H20BrN5O/c1-24(2)9-8-14-13-4-3-5-15-18(13)26(20(14)27)17-10-12(21)6-7-16(17)25-11-22-23-19(15)25/h3-7,10,14,22H,8-9,11H2,1-2H3. The Kier molecular flexibility index (Phi) is 3.77. The normalized spacial score (nSPS) is 19.5. The fraction of sp³-hybridized carbons (Fsp3) is 0.300. The first-order valence-electron chi connectivity index (χ1n) is 9.06. The SMILES string of the molecule is CN(C)CCC1C(=O)N2c3cc(Br)ccc3N3CNN=C3c3cccc1c32. The highest BCUT2D eigenvalue weighted by Gasteiger charge is 2.44. The van der Waals surface area contributed by atoms with E-state index in [1.165, 1.54) is 0 Å². The van der Waals surface area contributed by atoms with Gasteiger partial charge in [0.1, 0.15) is 6.67 Å². The maximum Gasteiger partial charge on any atom is 0.239 e. The molecule has 2 aromatic carbocycles. The molecule has 138 valence electrons. The predicted octanol–water partition coefficient (Wildman–Crippen LogP) is 3.21. The molecule has 3 aliphatic rings. The Bertz CT molecular complexity index is 986. The number of nitrogens with one attached hydrogen (secondary N) is 1. The highest BCUT2D eigenvalue weighted by atomic mass is 79.9. The first kappa shape index (κ1) is 16.8. The number of nitrogens with zero attached hydrogens (tertiary/aromatic N) is 4. The van der Waals surface area contributed by atoms with Crippen LogP contribution in [-0.2, 0) is 4.79 Å². The molecule has 3 heterocycles. The summed E-state index contributed by atoms with van der Waals surface area (Å²) in [6, 6.07) is 12.3. The molecule has 0 saturated heterocycles. The number of hydrogen-bond acceptors (Lipinski definition) is 5. The second kappa shape index (κ2) is 6.07. The van der Waals surface area contributed by atoms with Crippen molar-refractivity contribution in [2.24, 2.45) is 5.10 Å². The van der Waals surface area contributed by atoms with Gasteiger partial charge in [-0.1, -0.05) is 28.1 Å². The molecule has 0 bridgehead atoms. The van der Waals surface area contributed by atoms with E-state index in [2.05, 4.69) is 48.4 Å². The van der Waals surface area contributed by atoms with Crippen molar-refractivity contribution < 1.29 is 4.79 Å². The average molecular weight is 426 g/mol. The predicted molar refractivity (Wildman–Crippen MR) is 111 cm³/mol. The molecule has 2 aromatic rings. The first-order chi connectivity index (χ1) is 13.1. The lowest BCUT2D eigenvalue weighted by Crippen LogP contribution is -2.30. The third-order valence-corrected chi connectivity index (χ3v) is 5.92. The van der Waals surface area contributed by atoms with Crippen molar-refractivity contribution in [3.05, 3.63) is 52.0 Å². The molecule has 1 unspecified atom stereocenters. The lowest BCUT2D eigenvalue weighted by Gasteiger charge is -2.23. The fourth-order valence-electron chi connectivity index (χ4n) is 4.20. The van der Waals surface area contributed by atoms with Gasteiger partial charge >= 0.3 is 0 Å². The van der Waals surface area contributed by atoms with Crippen LogP contribution in [0, 0.1) is 0 Å². The largest absolute Gasteiger partial charge is 0.309 e. The van der Waals surface area contributed by atoms with Crippen LogP contribution >= 0.6 is 15.9 Å². The molecule has 6 nitrogen and oxygen atoms in total. The Morgan fingerprint density at radius 2 is 2.11 bits per heavy atom. The number of amides is 1. The van der Waals surface area contributed by atoms with Crippen molar-refractivity contribution in [1.29, 1.82) is 0 Å². The van der Waals surface area contributed by atoms with Crippen molar-refractivity contribution in [3.63, 3.8) is 0 Å². The summed E-state index contributed by atoms with van der Waals surface area (Å²) in [5, 5.41) is 4.54. The number of hydrazone groups is 1. The number of carbonyl (C=O) groups is 1. The zero-order valence-electron chi connectivity index (χ0n) is 15.2. The van der Waals surface area contributed by atoms with Crippen molar-refractivity contribution in [3.8, 4) is 0 Å². The van der Waals surface area contributed by atoms with Crippen molar-refractivity contribution in [2.75, 3.05) is 37.1 Å². The van der Waals surface area contributed by atoms with Crippen LogP contribution in [0.5, 0.6) is 0 Å². The van der Waals surface area contributed by atoms with Gasteiger partial charge in [0.25, 0.3) is 0 Å². The summed E-state index contributed by atoms with van der Waals surface area (Å²) in [4.78, 5) is 19.7. The van der Waals surface area contributed by atoms with Crippen LogP contribution in [0.2, 0.25) is 0 Å². The number of rotatable bonds is 3. The van der Waals surface area contributed by atoms with Crippen LogP contribution in [0.1, 0.15) is 23.5 Å². The number of benzene rings is 2. The number of anilines is 3. The quantitative estimate of drug-likeness (QED) is 0.819. The van der Waals surface area contributed by atoms with Gasteiger partial charge in [-0.05, 0) is 56.9 Å². The monoisotopic (exact) mass is 425 g/mol. The molecular weight excluding hydrogens is 406 g/mol. The van der Waals surface area contributed by atoms with E-state index in [0.29, 0.717) is 6.67 Å². The van der Waals surface area contributed by atoms with Crippen LogP contribution in [-0.4, -0.2) is 44.0 Å². The van der Waals surface area contributed by atoms with Gasteiger partial charge in [-0.25, -0.2) is 0 Å². The highest BCUT2D eigenvalue weighted by Crippen LogP contribution is 2.51. The van der Waals surface area contributed by atoms with Crippen LogP contribution in [0.3, 0.4) is 0 Å². The van der Waals surface area contributed by atoms with Crippen molar-refractivity contribution in [1.82, 2.24) is 10.3 Å². The molecule has 0 aliphatic carbocycles. The van der Waals surface area contributed by atoms with Gasteiger partial charge < -0.3 is 9.80 Å². The Balaban J connectivity index is 1.75. The third kappa shape index (κ3) is 2.41. The molecule has 0 saturated carbocycles. The van der Waals surface area contributed by atoms with Gasteiger partial charge in [-0.2, -0.15) is 5.10 Å². The molecule has 27 heavy (non-hydrogen) atoms. The summed E-state index contributed by atoms with van der Waals surface area (Å²) in [7, 11) is 4.09. The molecule has 7 heteroatoms. The summed E-state index contributed by atoms with van der Waals surface area (Å²) in [6.07, 6.45) is 0.802. The molecule has 1 amide bonds. The van der Waals surface area contributed by atoms with Crippen LogP contribution in [0.15, 0.2) is 46.0 Å². The van der Waals surface area contributed by atoms with Gasteiger partial charge in [-0.15, -0.1) is 0 Å². The summed E-state index contributed by atoms with van der Waals surface area (Å²) in [5.41, 5.74) is 8.08. The van der Waals surface area contributed by atoms with E-state index in [4.69, 9.17) is 0 Å². The maximum absolute atomic E-state index is 13.6. The molecular formula is C20H20BrN5O. The van der Waals surface area contributed by atoms with Crippen LogP contribution in [0.25, 0.3) is 0 Å². The summed E-state index contributed by atoms with van der Waals surface area (Å²) < 4.78 is 0.956. The molecule has 1 atom stereocenters. The Hall–Kier alpha value is -2.38. The number of fused-ring (bicyclic) bond motifs is 5. The molecule has 5 rings (SSSR count). The number of hydrogen-bond donors (Lipinski definition) is 1. The highest BCUT2D eigenvalue weighted by molar-refractivity contribution is 9.10. The number of carbonyl (C=O) groups excluding carboxylic acids is 1. The van der Waals surface area contributed by atoms with Gasteiger partial charge in [0, 0.05) is 10.0 Å². The Morgan fingerprint density at radius 1 is 1.26 bits per heavy atom. The summed E-state index contributed by atoms with van der Waals surface area (Å²) >= 11 is 3.58. The lowest BCUT2D eigenvalue weighted by molar-refractivity contribution is -0.118. The Morgan fingerprint density at radius 3 is 2.93 bits per heavy atom. The van der Waals surface area contributed by atoms with E-state index in [-0.39, 0.29) is 11.8 Å². The van der Waals surface area contributed by atoms with Gasteiger partial charge in [0.05, 0.1) is 23.0 Å². The number of halogens is 1. The maximum atomic E-state index is 13.6. The summed E-state index contributed by atoms with van der Waals surface area (Å²) in [6.45, 7) is 1.47. The Labute approximate surface area is 166 Å². The minimum absolute atomic E-state index is 0.129. The third-order valence-electron chi connectivity index (χ3n) is 5.43. The van der Waals surface area contributed by atoms with E-state index in [9.17, 15) is 4.79 Å². The minimum Gasteiger partial charge on any atom is -0.309 e. The van der Waals surface area contributed by atoms with E-state index < -0.39 is 0 Å². The van der Waals surface area contributed by atoms with Crippen LogP contribution in [0.4, 0.5) is 17.1 Å². The minimum atomic E-state index is -0.129. The average Bonchev–Trinajstić information content (AvgIpc) is 3.19. The smallest absolute Gasteiger partial charge is 0.239 e. The van der Waals surface area contributed by atoms with Crippen molar-refractivity contribution in [2.45, 2.75) is 12.3 Å². The van der Waals surface area contributed by atoms with Crippen LogP contribution < -0.4 is 15.2 Å². The second-order valence-electron chi connectivity index (χ2n) is 7.37. The lowest BCUT2D eigenvalue weighted by atomic mass is 9.95. The first-order valence-corrected chi connectivity index (χ1v) is 9.85. The molecule has 3 aliphatic heterocycles. The number of amidine groups is 1. The summed E-state index contributed by atoms with van der Waals surface area (Å²) in [5.74, 6) is 0.892. The van der Waals surface area contributed by atoms with E-state index >= 15 is 0 Å². The molecule has 0 spiro atoms. The van der Waals surface area contributed by atoms with E-state index in [1.54, 1.807) is 0 Å². The number of para-hydroxylation sites is 1. The molecule has 0 fully saturated rings. The molecule has 1 N–H and O–H groups in total. The topological polar surface area (TPSA) is 51.2 Å². The second-order valence-corrected chi connectivity index (χ2v) is 8.29. The van der Waals surface area contributed by atoms with Gasteiger partial charge in [-0.3, -0.25) is 15.1 Å². The van der Waals surface area contributed by atoms with Crippen molar-refractivity contribution >= 4 is 44.7 Å². The molecule has 0 radical (unpaired) electrons. The zero-order chi connectivity index (χ0) is 18.7. The zero-order valence-corrected chi connectivity index (χ0v) is 16.8. The fourth-order valence-corrected chi connectivity index (χ4v) is 4.55. The molecule has 0 aromatic heterocycles. The van der Waals surface area contributed by atoms with Gasteiger partial charge in [0.15, 0.2) is 5.84 Å². The van der Waals surface area contributed by atoms with E-state index in [0.717, 1.165) is 51.5 Å². The van der Waals surface area contributed by atoms with Gasteiger partial charge in [0.2, 0.25) is 5.91 Å². The van der Waals surface area contributed by atoms with E-state index in [1.807, 2.05) is 43.3 Å².